The van der Waals surface area contributed by atoms with Crippen LogP contribution in [0.15, 0.2) is 102 Å². The van der Waals surface area contributed by atoms with Gasteiger partial charge in [0, 0.05) is 27.9 Å². The van der Waals surface area contributed by atoms with E-state index in [1.807, 2.05) is 0 Å². The maximum Gasteiger partial charge on any atom is 0.425 e. The summed E-state index contributed by atoms with van der Waals surface area (Å²) in [7, 11) is -24.2. The van der Waals surface area contributed by atoms with Crippen molar-refractivity contribution in [3.8, 4) is 0 Å². The summed E-state index contributed by atoms with van der Waals surface area (Å²) in [5.74, 6) is -1.36. The molecule has 0 amide bonds. The van der Waals surface area contributed by atoms with E-state index in [-0.39, 0.29) is 34.2 Å². The van der Waals surface area contributed by atoms with Crippen molar-refractivity contribution >= 4 is 89.6 Å². The molecule has 60 heavy (non-hydrogen) atoms. The summed E-state index contributed by atoms with van der Waals surface area (Å²) in [6.45, 7) is 4.15. The molecule has 0 aromatic heterocycles. The maximum atomic E-state index is 14.4. The molecule has 5 N–H and O–H groups in total. The van der Waals surface area contributed by atoms with Gasteiger partial charge in [-0.2, -0.15) is 25.3 Å². The van der Waals surface area contributed by atoms with Crippen LogP contribution in [0.3, 0.4) is 0 Å². The number of hydrogen-bond donors (Lipinski definition) is 5. The summed E-state index contributed by atoms with van der Waals surface area (Å²) in [5.41, 5.74) is -4.23. The molecule has 0 spiro atoms. The molecule has 1 aliphatic heterocycles. The van der Waals surface area contributed by atoms with Crippen LogP contribution in [0.1, 0.15) is 19.4 Å². The highest BCUT2D eigenvalue weighted by Gasteiger charge is 2.32. The molecule has 0 saturated carbocycles. The van der Waals surface area contributed by atoms with Gasteiger partial charge in [0.2, 0.25) is 0 Å². The number of nitrogens with one attached hydrogen (secondary N) is 1. The van der Waals surface area contributed by atoms with Gasteiger partial charge in [-0.1, -0.05) is 68.4 Å². The molecule has 0 radical (unpaired) electrons. The van der Waals surface area contributed by atoms with Crippen molar-refractivity contribution in [1.82, 2.24) is 9.88 Å². The summed E-state index contributed by atoms with van der Waals surface area (Å²) in [6, 6.07) is 14.6. The molecule has 25 heteroatoms. The van der Waals surface area contributed by atoms with E-state index in [0.717, 1.165) is 0 Å². The van der Waals surface area contributed by atoms with Gasteiger partial charge < -0.3 is 15.3 Å². The smallest absolute Gasteiger partial charge is 0.425 e. The van der Waals surface area contributed by atoms with Crippen molar-refractivity contribution in [2.24, 2.45) is 0 Å². The van der Waals surface area contributed by atoms with Crippen LogP contribution in [0.4, 0.5) is 11.4 Å². The van der Waals surface area contributed by atoms with Gasteiger partial charge in [-0.15, -0.1) is 12.6 Å². The van der Waals surface area contributed by atoms with E-state index in [1.165, 1.54) is 36.4 Å². The largest absolute Gasteiger partial charge is 0.506 e. The van der Waals surface area contributed by atoms with Gasteiger partial charge in [-0.25, -0.2) is 13.4 Å². The van der Waals surface area contributed by atoms with Crippen molar-refractivity contribution in [2.75, 3.05) is 30.7 Å². The first-order valence-corrected chi connectivity index (χ1v) is 23.9. The molecule has 20 nitrogen and oxygen atoms in total. The van der Waals surface area contributed by atoms with Crippen LogP contribution < -0.4 is 21.5 Å². The number of benzene rings is 4. The van der Waals surface area contributed by atoms with Gasteiger partial charge in [0.15, 0.2) is 15.3 Å². The van der Waals surface area contributed by atoms with Crippen molar-refractivity contribution in [3.63, 3.8) is 0 Å². The first kappa shape index (κ1) is 45.6. The first-order valence-electron chi connectivity index (χ1n) is 16.9. The quantitative estimate of drug-likeness (QED) is 0.108. The molecule has 4 aromatic rings. The van der Waals surface area contributed by atoms with Gasteiger partial charge in [0.25, 0.3) is 35.9 Å². The Labute approximate surface area is 341 Å². The van der Waals surface area contributed by atoms with E-state index >= 15 is 0 Å². The van der Waals surface area contributed by atoms with E-state index in [4.69, 9.17) is 12.6 Å². The number of rotatable bonds is 12. The van der Waals surface area contributed by atoms with Gasteiger partial charge in [-0.3, -0.25) is 23.2 Å². The zero-order valence-electron chi connectivity index (χ0n) is 30.8. The first-order chi connectivity index (χ1) is 27.8. The maximum absolute atomic E-state index is 14.4. The second kappa shape index (κ2) is 16.9. The number of aliphatic hydroxyl groups excluding tert-OH is 1. The second-order valence-corrected chi connectivity index (χ2v) is 19.3. The Bertz CT molecular complexity index is 3530. The molecule has 4 aromatic carbocycles. The third kappa shape index (κ3) is 9.13. The highest BCUT2D eigenvalue weighted by atomic mass is 32.2. The lowest BCUT2D eigenvalue weighted by Crippen LogP contribution is -2.33. The van der Waals surface area contributed by atoms with Crippen molar-refractivity contribution in [1.29, 1.82) is 0 Å². The Hall–Kier alpha value is -5.51. The van der Waals surface area contributed by atoms with E-state index < -0.39 is 126 Å². The van der Waals surface area contributed by atoms with Gasteiger partial charge >= 0.3 is 10.6 Å². The fourth-order valence-corrected chi connectivity index (χ4v) is 10.6. The van der Waals surface area contributed by atoms with Crippen LogP contribution in [0.2, 0.25) is 0 Å². The molecule has 0 unspecified atom stereocenters. The minimum absolute atomic E-state index is 0.0307. The van der Waals surface area contributed by atoms with Gasteiger partial charge in [-0.05, 0) is 36.7 Å². The number of nitrogens with zero attached hydrogens (tertiary/aromatic N) is 2. The van der Waals surface area contributed by atoms with E-state index in [2.05, 4.69) is 10.3 Å². The number of aliphatic hydroxyl groups is 1. The normalized spacial score (nSPS) is 13.0. The average molecular weight is 926 g/mol. The number of hydrogen-bond acceptors (Lipinski definition) is 17. The van der Waals surface area contributed by atoms with Crippen LogP contribution in [0.25, 0.3) is 27.4 Å². The lowest BCUT2D eigenvalue weighted by molar-refractivity contribution is 0.321. The number of anilines is 2. The fraction of sp³-hybridized carbons (Fsp3) is 0.171. The number of aromatic nitrogens is 1. The molecule has 0 saturated heterocycles. The van der Waals surface area contributed by atoms with Crippen molar-refractivity contribution in [3.05, 3.63) is 115 Å². The van der Waals surface area contributed by atoms with Crippen LogP contribution in [-0.4, -0.2) is 100 Å². The third-order valence-electron chi connectivity index (χ3n) is 9.20. The molecule has 318 valence electrons. The predicted molar refractivity (Wildman–Crippen MR) is 214 cm³/mol. The molecule has 0 bridgehead atoms. The van der Waals surface area contributed by atoms with E-state index in [1.54, 1.807) is 36.9 Å². The summed E-state index contributed by atoms with van der Waals surface area (Å²) in [6.07, 6.45) is 0. The van der Waals surface area contributed by atoms with Crippen molar-refractivity contribution in [2.45, 2.75) is 33.4 Å². The standard InChI is InChI=1S/C35H31N3O14S4.O3S/c1-3-38(4-2)14-15-53(42,43)25-16-22(24(54(44,45)46)18-26(25)55(47,48)49)36-23-17-27(56(50,51)52)32-30-28(20-12-8-9-13-21(20)34(40)29(23)30)31(35(41)37-32)33(39)19-10-6-5-7-11-19;1-4(2)3/h5-13,16-18,36,39H,3-4,14-15H2,1-2H3,(H,44,45,46)(H,47,48,49)(H,50,51,52);. The zero-order chi connectivity index (χ0) is 44.7. The lowest BCUT2D eigenvalue weighted by atomic mass is 9.96. The van der Waals surface area contributed by atoms with Crippen molar-refractivity contribution < 1.29 is 65.1 Å². The molecule has 1 heterocycles. The molecular formula is C35H31N3O17S5. The topological polar surface area (TPSA) is 331 Å². The summed E-state index contributed by atoms with van der Waals surface area (Å²) < 4.78 is 160. The Balaban J connectivity index is 0.00000163. The predicted octanol–water partition coefficient (Wildman–Crippen LogP) is 1.30. The van der Waals surface area contributed by atoms with E-state index in [9.17, 15) is 62.0 Å². The lowest BCUT2D eigenvalue weighted by Gasteiger charge is -2.20. The zero-order valence-corrected chi connectivity index (χ0v) is 34.9. The minimum atomic E-state index is -5.53. The molecule has 6 rings (SSSR count). The Kier molecular flexibility index (Phi) is 12.8. The van der Waals surface area contributed by atoms with E-state index in [0.29, 0.717) is 25.2 Å². The molecule has 1 aliphatic carbocycles. The van der Waals surface area contributed by atoms with Gasteiger partial charge in [0.1, 0.15) is 20.4 Å². The molecule has 0 fully saturated rings. The summed E-state index contributed by atoms with van der Waals surface area (Å²) in [4.78, 5) is 28.7. The number of sulfone groups is 1. The molecule has 2 aliphatic rings. The highest BCUT2D eigenvalue weighted by molar-refractivity contribution is 7.93. The SMILES string of the molecule is CCN(CC)CCS(=O)(=O)c1cc(Nc2cc(S(=O)(=O)O)c3nc(=O)c(=C(O)c4ccccc4)c4c5ccccc5c(=O)c2c3=4)c(S(=O)(=O)O)cc1S(=O)(=O)O.O=S(=O)=O. The van der Waals surface area contributed by atoms with Crippen LogP contribution in [0.5, 0.6) is 0 Å². The number of fused-ring (bicyclic) bond motifs is 2. The minimum Gasteiger partial charge on any atom is -0.506 e. The monoisotopic (exact) mass is 925 g/mol. The third-order valence-corrected chi connectivity index (χ3v) is 13.7. The summed E-state index contributed by atoms with van der Waals surface area (Å²) >= 11 is 0. The molecule has 0 atom stereocenters. The Morgan fingerprint density at radius 1 is 0.683 bits per heavy atom. The van der Waals surface area contributed by atoms with Gasteiger partial charge in [0.05, 0.1) is 38.1 Å². The Morgan fingerprint density at radius 2 is 1.20 bits per heavy atom. The molecular weight excluding hydrogens is 895 g/mol. The Morgan fingerprint density at radius 3 is 1.73 bits per heavy atom. The highest BCUT2D eigenvalue weighted by Crippen LogP contribution is 2.37. The summed E-state index contributed by atoms with van der Waals surface area (Å²) in [5, 5.41) is 12.2. The second-order valence-electron chi connectivity index (χ2n) is 12.7. The van der Waals surface area contributed by atoms with Crippen LogP contribution >= 0.6 is 0 Å². The average Bonchev–Trinajstić information content (AvgIpc) is 3.15. The fourth-order valence-electron chi connectivity index (χ4n) is 6.53. The van der Waals surface area contributed by atoms with Crippen LogP contribution in [0, 0.1) is 10.4 Å². The van der Waals surface area contributed by atoms with Crippen LogP contribution in [-0.2, 0) is 50.8 Å².